The number of ether oxygens (including phenoxy) is 1. The molecule has 0 bridgehead atoms. The highest BCUT2D eigenvalue weighted by atomic mass is 35.5. The number of nitrogens with one attached hydrogen (secondary N) is 3. The van der Waals surface area contributed by atoms with Crippen LogP contribution < -0.4 is 16.0 Å². The smallest absolute Gasteiger partial charge is 0.404 e. The Morgan fingerprint density at radius 1 is 1.00 bits per heavy atom. The van der Waals surface area contributed by atoms with Crippen molar-refractivity contribution < 1.29 is 33.8 Å². The SMILES string of the molecule is Cc1cc(NC(=O)C(CCNC(=O)O)NC(=O)[C@@H]2Cc3ccccc3CN2C(=O)CCC(=O)N2C[C@@H](C)O[C@@H](C)C2)ccc1Cl. The van der Waals surface area contributed by atoms with Crippen LogP contribution in [-0.2, 0) is 36.9 Å². The summed E-state index contributed by atoms with van der Waals surface area (Å²) in [5, 5.41) is 17.3. The first kappa shape index (κ1) is 33.7. The molecule has 1 unspecified atom stereocenters. The monoisotopic (exact) mass is 641 g/mol. The molecular formula is C32H40ClN5O7. The molecule has 0 spiro atoms. The summed E-state index contributed by atoms with van der Waals surface area (Å²) in [6.07, 6.45) is -1.34. The standard InChI is InChI=1S/C32H40ClN5O7/c1-19-14-24(8-9-25(19)33)35-30(41)26(12-13-34-32(43)44)36-31(42)27-15-22-6-4-5-7-23(22)18-38(27)29(40)11-10-28(39)37-16-20(2)45-21(3)17-37/h4-9,14,20-21,26-27,34H,10-13,15-18H2,1-3H3,(H,35,41)(H,36,42)(H,43,44)/t20-,21+,26?,27-/m0/s1. The van der Waals surface area contributed by atoms with Crippen molar-refractivity contribution in [3.05, 3.63) is 64.2 Å². The molecule has 4 rings (SSSR count). The number of morpholine rings is 1. The molecule has 2 aliphatic heterocycles. The lowest BCUT2D eigenvalue weighted by Crippen LogP contribution is -2.56. The third kappa shape index (κ3) is 9.18. The largest absolute Gasteiger partial charge is 0.465 e. The number of rotatable bonds is 10. The van der Waals surface area contributed by atoms with Gasteiger partial charge in [-0.25, -0.2) is 4.79 Å². The van der Waals surface area contributed by atoms with Gasteiger partial charge in [0.05, 0.1) is 12.2 Å². The predicted molar refractivity (Wildman–Crippen MR) is 168 cm³/mol. The quantitative estimate of drug-likeness (QED) is 0.310. The maximum absolute atomic E-state index is 13.8. The molecule has 1 fully saturated rings. The third-order valence-corrected chi connectivity index (χ3v) is 8.39. The lowest BCUT2D eigenvalue weighted by atomic mass is 9.92. The Morgan fingerprint density at radius 2 is 1.67 bits per heavy atom. The normalized spacial score (nSPS) is 20.0. The number of carboxylic acid groups (broad SMARTS) is 1. The van der Waals surface area contributed by atoms with Gasteiger partial charge in [-0.15, -0.1) is 0 Å². The van der Waals surface area contributed by atoms with E-state index in [0.717, 1.165) is 16.7 Å². The molecule has 242 valence electrons. The Labute approximate surface area is 267 Å². The predicted octanol–water partition coefficient (Wildman–Crippen LogP) is 3.10. The Balaban J connectivity index is 1.49. The molecule has 2 aromatic rings. The molecule has 13 heteroatoms. The number of amides is 5. The van der Waals surface area contributed by atoms with Gasteiger partial charge in [0.15, 0.2) is 0 Å². The molecule has 45 heavy (non-hydrogen) atoms. The number of carbonyl (C=O) groups is 5. The molecule has 2 heterocycles. The van der Waals surface area contributed by atoms with E-state index < -0.39 is 30.0 Å². The van der Waals surface area contributed by atoms with Crippen LogP contribution in [0, 0.1) is 6.92 Å². The van der Waals surface area contributed by atoms with Crippen LogP contribution in [0.5, 0.6) is 0 Å². The van der Waals surface area contributed by atoms with Gasteiger partial charge in [0, 0.05) is 56.2 Å². The third-order valence-electron chi connectivity index (χ3n) is 7.96. The zero-order valence-corrected chi connectivity index (χ0v) is 26.4. The number of benzene rings is 2. The van der Waals surface area contributed by atoms with Crippen LogP contribution in [0.25, 0.3) is 0 Å². The Morgan fingerprint density at radius 3 is 2.33 bits per heavy atom. The molecule has 0 aliphatic carbocycles. The van der Waals surface area contributed by atoms with Crippen molar-refractivity contribution >= 4 is 47.0 Å². The van der Waals surface area contributed by atoms with Gasteiger partial charge >= 0.3 is 6.09 Å². The number of hydrogen-bond acceptors (Lipinski definition) is 6. The van der Waals surface area contributed by atoms with Crippen molar-refractivity contribution in [1.82, 2.24) is 20.4 Å². The van der Waals surface area contributed by atoms with Gasteiger partial charge in [0.25, 0.3) is 0 Å². The first-order valence-corrected chi connectivity index (χ1v) is 15.4. The lowest BCUT2D eigenvalue weighted by Gasteiger charge is -2.37. The Kier molecular flexibility index (Phi) is 11.4. The number of hydrogen-bond donors (Lipinski definition) is 4. The van der Waals surface area contributed by atoms with Crippen LogP contribution in [0.3, 0.4) is 0 Å². The van der Waals surface area contributed by atoms with Crippen molar-refractivity contribution in [2.45, 2.75) is 77.3 Å². The summed E-state index contributed by atoms with van der Waals surface area (Å²) in [5.41, 5.74) is 3.01. The highest BCUT2D eigenvalue weighted by Gasteiger charge is 2.36. The van der Waals surface area contributed by atoms with Gasteiger partial charge in [-0.3, -0.25) is 19.2 Å². The van der Waals surface area contributed by atoms with Crippen LogP contribution in [-0.4, -0.2) is 88.6 Å². The van der Waals surface area contributed by atoms with E-state index in [4.69, 9.17) is 21.4 Å². The first-order valence-electron chi connectivity index (χ1n) is 15.0. The van der Waals surface area contributed by atoms with E-state index in [1.165, 1.54) is 4.90 Å². The number of nitrogens with zero attached hydrogens (tertiary/aromatic N) is 2. The van der Waals surface area contributed by atoms with Gasteiger partial charge in [-0.2, -0.15) is 0 Å². The number of carbonyl (C=O) groups excluding carboxylic acids is 4. The number of fused-ring (bicyclic) bond motifs is 1. The highest BCUT2D eigenvalue weighted by molar-refractivity contribution is 6.31. The fourth-order valence-corrected chi connectivity index (χ4v) is 5.85. The van der Waals surface area contributed by atoms with Crippen LogP contribution in [0.1, 0.15) is 49.8 Å². The Hall–Kier alpha value is -4.16. The number of aryl methyl sites for hydroxylation is 1. The van der Waals surface area contributed by atoms with E-state index in [9.17, 15) is 24.0 Å². The van der Waals surface area contributed by atoms with Gasteiger partial charge in [0.1, 0.15) is 12.1 Å². The van der Waals surface area contributed by atoms with Crippen LogP contribution in [0.4, 0.5) is 10.5 Å². The summed E-state index contributed by atoms with van der Waals surface area (Å²) in [5.74, 6) is -1.60. The summed E-state index contributed by atoms with van der Waals surface area (Å²) in [7, 11) is 0. The Bertz CT molecular complexity index is 1430. The van der Waals surface area contributed by atoms with E-state index in [-0.39, 0.29) is 62.8 Å². The molecular weight excluding hydrogens is 602 g/mol. The summed E-state index contributed by atoms with van der Waals surface area (Å²) in [4.78, 5) is 67.9. The van der Waals surface area contributed by atoms with Gasteiger partial charge in [-0.1, -0.05) is 35.9 Å². The molecule has 2 aliphatic rings. The second kappa shape index (κ2) is 15.2. The van der Waals surface area contributed by atoms with Crippen molar-refractivity contribution in [2.75, 3.05) is 25.0 Å². The molecule has 4 N–H and O–H groups in total. The van der Waals surface area contributed by atoms with E-state index in [1.54, 1.807) is 30.0 Å². The molecule has 0 saturated carbocycles. The summed E-state index contributed by atoms with van der Waals surface area (Å²) in [6, 6.07) is 10.4. The maximum atomic E-state index is 13.8. The van der Waals surface area contributed by atoms with E-state index in [1.807, 2.05) is 38.1 Å². The molecule has 1 saturated heterocycles. The van der Waals surface area contributed by atoms with Gasteiger partial charge in [0.2, 0.25) is 23.6 Å². The molecule has 2 aromatic carbocycles. The van der Waals surface area contributed by atoms with Crippen molar-refractivity contribution in [1.29, 1.82) is 0 Å². The van der Waals surface area contributed by atoms with Gasteiger partial charge in [-0.05, 0) is 62.1 Å². The van der Waals surface area contributed by atoms with Gasteiger partial charge < -0.3 is 35.6 Å². The minimum absolute atomic E-state index is 0.00282. The molecule has 0 aromatic heterocycles. The molecule has 5 amide bonds. The van der Waals surface area contributed by atoms with Crippen LogP contribution in [0.2, 0.25) is 5.02 Å². The molecule has 0 radical (unpaired) electrons. The lowest BCUT2D eigenvalue weighted by molar-refractivity contribution is -0.147. The summed E-state index contributed by atoms with van der Waals surface area (Å²) in [6.45, 7) is 6.58. The average molecular weight is 642 g/mol. The molecule has 4 atom stereocenters. The summed E-state index contributed by atoms with van der Waals surface area (Å²) < 4.78 is 5.71. The fraction of sp³-hybridized carbons (Fsp3) is 0.469. The van der Waals surface area contributed by atoms with Crippen LogP contribution in [0.15, 0.2) is 42.5 Å². The second-order valence-electron chi connectivity index (χ2n) is 11.6. The van der Waals surface area contributed by atoms with Crippen molar-refractivity contribution in [2.24, 2.45) is 0 Å². The van der Waals surface area contributed by atoms with E-state index in [2.05, 4.69) is 16.0 Å². The highest BCUT2D eigenvalue weighted by Crippen LogP contribution is 2.25. The van der Waals surface area contributed by atoms with Crippen LogP contribution >= 0.6 is 11.6 Å². The first-order chi connectivity index (χ1) is 21.4. The topological polar surface area (TPSA) is 157 Å². The van der Waals surface area contributed by atoms with E-state index in [0.29, 0.717) is 23.8 Å². The summed E-state index contributed by atoms with van der Waals surface area (Å²) >= 11 is 6.11. The minimum atomic E-state index is -1.26. The second-order valence-corrected chi connectivity index (χ2v) is 12.0. The number of halogens is 1. The van der Waals surface area contributed by atoms with Crippen molar-refractivity contribution in [3.63, 3.8) is 0 Å². The zero-order valence-electron chi connectivity index (χ0n) is 25.7. The number of anilines is 1. The fourth-order valence-electron chi connectivity index (χ4n) is 5.73. The molecule has 12 nitrogen and oxygen atoms in total. The van der Waals surface area contributed by atoms with Crippen molar-refractivity contribution in [3.8, 4) is 0 Å². The maximum Gasteiger partial charge on any atom is 0.404 e. The zero-order chi connectivity index (χ0) is 32.7. The average Bonchev–Trinajstić information content (AvgIpc) is 2.99. The minimum Gasteiger partial charge on any atom is -0.465 e. The van der Waals surface area contributed by atoms with E-state index >= 15 is 0 Å².